The van der Waals surface area contributed by atoms with E-state index in [9.17, 15) is 0 Å². The van der Waals surface area contributed by atoms with Crippen LogP contribution in [0.25, 0.3) is 122 Å². The smallest absolute Gasteiger partial charge is 0.423 e. The maximum atomic E-state index is 9.08. The Kier molecular flexibility index (Phi) is 23.0. The molecule has 0 fully saturated rings. The average molecular weight is 1430 g/mol. The summed E-state index contributed by atoms with van der Waals surface area (Å²) in [5.41, 5.74) is 16.4. The number of nitrogens with zero attached hydrogens (tertiary/aromatic N) is 4. The molecule has 10 heteroatoms. The Morgan fingerprint density at radius 2 is 0.667 bits per heavy atom. The highest BCUT2D eigenvalue weighted by atomic mass is 79.9. The first-order valence-corrected chi connectivity index (χ1v) is 35.5. The third kappa shape index (κ3) is 17.3. The van der Waals surface area contributed by atoms with Crippen molar-refractivity contribution >= 4 is 90.0 Å². The van der Waals surface area contributed by atoms with Crippen molar-refractivity contribution in [1.29, 1.82) is 0 Å². The lowest BCUT2D eigenvalue weighted by Gasteiger charge is -2.13. The molecule has 15 aromatic rings. The molecular formula is C89H68BBr2N4O2P. The minimum absolute atomic E-state index is 0.392. The zero-order valence-electron chi connectivity index (χ0n) is 54.4. The maximum Gasteiger partial charge on any atom is 0.489 e. The molecule has 0 saturated carbocycles. The van der Waals surface area contributed by atoms with Gasteiger partial charge in [0.05, 0.1) is 22.8 Å². The number of fused-ring (bicyclic) bond motifs is 3. The summed E-state index contributed by atoms with van der Waals surface area (Å²) < 4.78 is 2.05. The lowest BCUT2D eigenvalue weighted by molar-refractivity contribution is 0.426. The Balaban J connectivity index is 0.000000142. The van der Waals surface area contributed by atoms with Gasteiger partial charge in [-0.1, -0.05) is 354 Å². The van der Waals surface area contributed by atoms with Crippen molar-refractivity contribution in [2.75, 3.05) is 0 Å². The SMILES string of the molecule is Brc1cccc(-c2cc(-c3cccc(Br)c3)nc(-c3ccccc3)n2)c1.C=C/C=C/P(/C=C/C=C)c1ccccc1C.OB(O)c1cccc2ccccc12.c1ccc(-c2nc(-c3cccc(-c4cccc5ccccc45)c3)cc(-c3cccc(-c4cccc5ccccc45)c3)n2)cc1. The van der Waals surface area contributed by atoms with Crippen molar-refractivity contribution in [3.05, 3.63) is 385 Å². The van der Waals surface area contributed by atoms with Crippen molar-refractivity contribution in [3.8, 4) is 90.1 Å². The first kappa shape index (κ1) is 68.1. The van der Waals surface area contributed by atoms with Crippen molar-refractivity contribution < 1.29 is 10.0 Å². The molecule has 0 aliphatic heterocycles. The van der Waals surface area contributed by atoms with Gasteiger partial charge in [0.15, 0.2) is 11.6 Å². The largest absolute Gasteiger partial charge is 0.489 e. The van der Waals surface area contributed by atoms with Gasteiger partial charge in [0.25, 0.3) is 0 Å². The van der Waals surface area contributed by atoms with Gasteiger partial charge in [-0.3, -0.25) is 0 Å². The molecule has 6 nitrogen and oxygen atoms in total. The summed E-state index contributed by atoms with van der Waals surface area (Å²) in [7, 11) is -1.79. The lowest BCUT2D eigenvalue weighted by Crippen LogP contribution is -2.30. The second-order valence-corrected chi connectivity index (χ2v) is 26.9. The summed E-state index contributed by atoms with van der Waals surface area (Å²) in [6, 6.07) is 110. The number of rotatable bonds is 14. The zero-order valence-corrected chi connectivity index (χ0v) is 58.5. The van der Waals surface area contributed by atoms with Gasteiger partial charge in [0.2, 0.25) is 0 Å². The molecule has 0 aliphatic carbocycles. The normalized spacial score (nSPS) is 11.0. The fourth-order valence-electron chi connectivity index (χ4n) is 11.7. The van der Waals surface area contributed by atoms with E-state index in [0.29, 0.717) is 11.3 Å². The number of aromatic nitrogens is 4. The van der Waals surface area contributed by atoms with E-state index in [1.807, 2.05) is 140 Å². The molecule has 0 unspecified atom stereocenters. The van der Waals surface area contributed by atoms with Crippen LogP contribution in [-0.4, -0.2) is 37.1 Å². The Morgan fingerprint density at radius 1 is 0.333 bits per heavy atom. The average Bonchev–Trinajstić information content (AvgIpc) is 0.795. The van der Waals surface area contributed by atoms with Crippen molar-refractivity contribution in [1.82, 2.24) is 19.9 Å². The molecule has 0 atom stereocenters. The standard InChI is InChI=1S/C42H28N2.C22H14Br2N2.C15H17P.C10H9BO2/c1-2-14-31(15-3-1)42-43-40(34-20-8-18-32(26-34)38-24-10-16-29-12-4-6-22-36(29)38)28-41(44-42)35-21-9-19-33(27-35)39-25-11-17-30-13-5-7-23-37(30)39;23-18-10-4-8-16(12-18)20-14-21(17-9-5-11-19(24)13-17)26-22(25-20)15-6-2-1-3-7-15;1-4-6-12-16(13-7-5-2)15-11-9-8-10-14(15)3;12-11(13)10-7-3-5-8-4-1-2-6-9(8)10/h1-28H;1-14H;4-13H,1-2H2,3H3;1-7,12-13H/b;;12-6+,13-7+;. The minimum atomic E-state index is -1.40. The number of hydrogen-bond acceptors (Lipinski definition) is 6. The van der Waals surface area contributed by atoms with Crippen LogP contribution in [0.2, 0.25) is 0 Å². The zero-order chi connectivity index (χ0) is 68.3. The molecule has 0 radical (unpaired) electrons. The molecule has 15 rings (SSSR count). The first-order valence-electron chi connectivity index (χ1n) is 32.4. The van der Waals surface area contributed by atoms with Crippen LogP contribution in [0.4, 0.5) is 0 Å². The molecule has 13 aromatic carbocycles. The van der Waals surface area contributed by atoms with Gasteiger partial charge in [-0.15, -0.1) is 0 Å². The summed E-state index contributed by atoms with van der Waals surface area (Å²) in [5.74, 6) is 5.83. The van der Waals surface area contributed by atoms with Crippen LogP contribution in [0, 0.1) is 6.92 Å². The Morgan fingerprint density at radius 3 is 1.09 bits per heavy atom. The quantitative estimate of drug-likeness (QED) is 0.0640. The Hall–Kier alpha value is -10.9. The molecule has 0 spiro atoms. The van der Waals surface area contributed by atoms with E-state index < -0.39 is 15.0 Å². The first-order chi connectivity index (χ1) is 48.6. The molecule has 2 aromatic heterocycles. The van der Waals surface area contributed by atoms with E-state index in [4.69, 9.17) is 30.0 Å². The molecule has 478 valence electrons. The lowest BCUT2D eigenvalue weighted by atomic mass is 9.77. The van der Waals surface area contributed by atoms with Crippen molar-refractivity contribution in [2.24, 2.45) is 0 Å². The van der Waals surface area contributed by atoms with Crippen LogP contribution in [0.3, 0.4) is 0 Å². The number of hydrogen-bond donors (Lipinski definition) is 2. The number of allylic oxidation sites excluding steroid dienone is 4. The monoisotopic (exact) mass is 1420 g/mol. The molecule has 0 bridgehead atoms. The highest BCUT2D eigenvalue weighted by Gasteiger charge is 2.17. The number of aryl methyl sites for hydroxylation is 1. The van der Waals surface area contributed by atoms with Gasteiger partial charge in [-0.2, -0.15) is 0 Å². The summed E-state index contributed by atoms with van der Waals surface area (Å²) in [6.07, 6.45) is 7.64. The number of halogens is 2. The van der Waals surface area contributed by atoms with E-state index in [1.54, 1.807) is 6.07 Å². The molecule has 2 N–H and O–H groups in total. The van der Waals surface area contributed by atoms with Crippen molar-refractivity contribution in [2.45, 2.75) is 6.92 Å². The van der Waals surface area contributed by atoms with E-state index in [2.05, 4.69) is 264 Å². The van der Waals surface area contributed by atoms with Gasteiger partial charge < -0.3 is 10.0 Å². The van der Waals surface area contributed by atoms with E-state index in [1.165, 1.54) is 54.7 Å². The van der Waals surface area contributed by atoms with Crippen LogP contribution < -0.4 is 10.8 Å². The third-order valence-electron chi connectivity index (χ3n) is 16.5. The van der Waals surface area contributed by atoms with E-state index >= 15 is 0 Å². The molecule has 0 aliphatic rings. The third-order valence-corrected chi connectivity index (χ3v) is 19.6. The summed E-state index contributed by atoms with van der Waals surface area (Å²) in [5, 5.41) is 26.4. The van der Waals surface area contributed by atoms with Crippen LogP contribution >= 0.6 is 39.8 Å². The van der Waals surface area contributed by atoms with Crippen LogP contribution in [-0.2, 0) is 0 Å². The van der Waals surface area contributed by atoms with Gasteiger partial charge >= 0.3 is 7.12 Å². The van der Waals surface area contributed by atoms with Crippen molar-refractivity contribution in [3.63, 3.8) is 0 Å². The molecule has 0 saturated heterocycles. The second kappa shape index (κ2) is 33.4. The van der Waals surface area contributed by atoms with Gasteiger partial charge in [0.1, 0.15) is 0 Å². The van der Waals surface area contributed by atoms with E-state index in [0.717, 1.165) is 81.7 Å². The molecule has 0 amide bonds. The summed E-state index contributed by atoms with van der Waals surface area (Å²) in [4.78, 5) is 19.9. The summed E-state index contributed by atoms with van der Waals surface area (Å²) in [6.45, 7) is 9.56. The fourth-order valence-corrected chi connectivity index (χ4v) is 14.3. The Labute approximate surface area is 597 Å². The topological polar surface area (TPSA) is 92.0 Å². The molecule has 99 heavy (non-hydrogen) atoms. The van der Waals surface area contributed by atoms with Gasteiger partial charge in [-0.05, 0) is 134 Å². The predicted molar refractivity (Wildman–Crippen MR) is 428 cm³/mol. The second-order valence-electron chi connectivity index (χ2n) is 23.2. The van der Waals surface area contributed by atoms with Crippen LogP contribution in [0.1, 0.15) is 5.56 Å². The number of benzene rings is 13. The highest BCUT2D eigenvalue weighted by Crippen LogP contribution is 2.40. The van der Waals surface area contributed by atoms with Crippen LogP contribution in [0.15, 0.2) is 380 Å². The highest BCUT2D eigenvalue weighted by molar-refractivity contribution is 9.10. The van der Waals surface area contributed by atoms with Gasteiger partial charge in [0, 0.05) is 42.3 Å². The van der Waals surface area contributed by atoms with E-state index in [-0.39, 0.29) is 0 Å². The fraction of sp³-hybridized carbons (Fsp3) is 0.0112. The predicted octanol–water partition coefficient (Wildman–Crippen LogP) is 23.1. The van der Waals surface area contributed by atoms with Gasteiger partial charge in [-0.25, -0.2) is 19.9 Å². The minimum Gasteiger partial charge on any atom is -0.423 e. The maximum absolute atomic E-state index is 9.08. The Bertz CT molecular complexity index is 5140. The summed E-state index contributed by atoms with van der Waals surface area (Å²) >= 11 is 7.09. The molecule has 2 heterocycles. The van der Waals surface area contributed by atoms with Crippen LogP contribution in [0.5, 0.6) is 0 Å². The molecular weight excluding hydrogens is 1360 g/mol.